The summed E-state index contributed by atoms with van der Waals surface area (Å²) in [6.07, 6.45) is 7.32. The number of terminal acetylenes is 1. The zero-order chi connectivity index (χ0) is 23.8. The number of ether oxygens (including phenoxy) is 2. The van der Waals surface area contributed by atoms with Gasteiger partial charge in [0.2, 0.25) is 6.29 Å². The highest BCUT2D eigenvalue weighted by molar-refractivity contribution is 5.91. The molecule has 0 saturated carbocycles. The van der Waals surface area contributed by atoms with Crippen molar-refractivity contribution in [1.82, 2.24) is 5.32 Å². The second-order valence-corrected chi connectivity index (χ2v) is 8.14. The zero-order valence-corrected chi connectivity index (χ0v) is 18.8. The minimum atomic E-state index is -0.586. The Hall–Kier alpha value is -3.85. The fraction of sp³-hybridized carbons (Fsp3) is 0.207. The molecule has 5 nitrogen and oxygen atoms in total. The first-order chi connectivity index (χ1) is 16.6. The number of nitrogens with one attached hydrogen (secondary N) is 1. The van der Waals surface area contributed by atoms with Crippen molar-refractivity contribution < 1.29 is 19.4 Å². The Morgan fingerprint density at radius 2 is 1.71 bits per heavy atom. The molecule has 0 bridgehead atoms. The number of amides is 1. The molecule has 0 saturated heterocycles. The Bertz CT molecular complexity index is 1160. The van der Waals surface area contributed by atoms with Crippen molar-refractivity contribution in [3.63, 3.8) is 0 Å². The maximum Gasteiger partial charge on any atom is 0.286 e. The van der Waals surface area contributed by atoms with Gasteiger partial charge in [0.1, 0.15) is 0 Å². The molecule has 1 heterocycles. The molecule has 0 unspecified atom stereocenters. The van der Waals surface area contributed by atoms with Crippen LogP contribution >= 0.6 is 0 Å². The molecule has 172 valence electrons. The van der Waals surface area contributed by atoms with Crippen LogP contribution in [0.2, 0.25) is 0 Å². The number of carbonyl (C=O) groups is 1. The molecule has 1 amide bonds. The number of aliphatic hydroxyl groups excluding tert-OH is 1. The third-order valence-corrected chi connectivity index (χ3v) is 5.72. The van der Waals surface area contributed by atoms with Gasteiger partial charge in [0.15, 0.2) is 5.76 Å². The minimum Gasteiger partial charge on any atom is -0.459 e. The standard InChI is InChI=1S/C29H27NO4/c1-2-21-12-14-25(15-13-21)26-16-27(29(32)30-18-22-6-4-3-5-7-22)34-28(17-26)33-20-24-10-8-23(19-31)9-11-24/h1,3-16,26,28,31H,17-20H2,(H,30,32)/t26-,28+/m1/s1. The van der Waals surface area contributed by atoms with Gasteiger partial charge in [0, 0.05) is 24.4 Å². The summed E-state index contributed by atoms with van der Waals surface area (Å²) in [6, 6.07) is 25.0. The summed E-state index contributed by atoms with van der Waals surface area (Å²) in [6.45, 7) is 0.738. The van der Waals surface area contributed by atoms with E-state index in [1.54, 1.807) is 0 Å². The van der Waals surface area contributed by atoms with Crippen molar-refractivity contribution in [2.24, 2.45) is 0 Å². The van der Waals surface area contributed by atoms with Crippen LogP contribution in [-0.2, 0) is 34.0 Å². The van der Waals surface area contributed by atoms with Gasteiger partial charge in [-0.25, -0.2) is 0 Å². The highest BCUT2D eigenvalue weighted by Crippen LogP contribution is 2.32. The van der Waals surface area contributed by atoms with E-state index in [0.717, 1.165) is 27.8 Å². The summed E-state index contributed by atoms with van der Waals surface area (Å²) in [7, 11) is 0. The fourth-order valence-corrected chi connectivity index (χ4v) is 3.77. The van der Waals surface area contributed by atoms with E-state index in [0.29, 0.717) is 19.6 Å². The van der Waals surface area contributed by atoms with Crippen LogP contribution in [0.4, 0.5) is 0 Å². The van der Waals surface area contributed by atoms with E-state index in [2.05, 4.69) is 11.2 Å². The predicted molar refractivity (Wildman–Crippen MR) is 130 cm³/mol. The van der Waals surface area contributed by atoms with Crippen molar-refractivity contribution in [3.8, 4) is 12.3 Å². The summed E-state index contributed by atoms with van der Waals surface area (Å²) in [5.41, 5.74) is 4.65. The molecule has 4 rings (SSSR count). The molecule has 0 fully saturated rings. The largest absolute Gasteiger partial charge is 0.459 e. The first-order valence-corrected chi connectivity index (χ1v) is 11.2. The van der Waals surface area contributed by atoms with Crippen LogP contribution in [0, 0.1) is 12.3 Å². The maximum atomic E-state index is 12.9. The van der Waals surface area contributed by atoms with Gasteiger partial charge in [-0.05, 0) is 40.5 Å². The average molecular weight is 454 g/mol. The van der Waals surface area contributed by atoms with Gasteiger partial charge in [0.05, 0.1) is 13.2 Å². The Morgan fingerprint density at radius 3 is 2.38 bits per heavy atom. The molecule has 3 aromatic rings. The molecule has 1 aliphatic heterocycles. The molecule has 5 heteroatoms. The minimum absolute atomic E-state index is 0.000727. The number of aliphatic hydroxyl groups is 1. The molecule has 2 atom stereocenters. The highest BCUT2D eigenvalue weighted by Gasteiger charge is 2.28. The smallest absolute Gasteiger partial charge is 0.286 e. The van der Waals surface area contributed by atoms with Gasteiger partial charge < -0.3 is 19.9 Å². The molecule has 0 aliphatic carbocycles. The lowest BCUT2D eigenvalue weighted by Gasteiger charge is -2.29. The first kappa shape index (κ1) is 23.3. The molecule has 3 aromatic carbocycles. The second-order valence-electron chi connectivity index (χ2n) is 8.14. The van der Waals surface area contributed by atoms with Crippen molar-refractivity contribution in [1.29, 1.82) is 0 Å². The lowest BCUT2D eigenvalue weighted by Crippen LogP contribution is -2.32. The van der Waals surface area contributed by atoms with E-state index in [1.807, 2.05) is 84.9 Å². The number of hydrogen-bond donors (Lipinski definition) is 2. The first-order valence-electron chi connectivity index (χ1n) is 11.2. The number of hydrogen-bond acceptors (Lipinski definition) is 4. The number of allylic oxidation sites excluding steroid dienone is 1. The third kappa shape index (κ3) is 6.14. The van der Waals surface area contributed by atoms with Gasteiger partial charge in [-0.1, -0.05) is 72.7 Å². The SMILES string of the molecule is C#Cc1ccc([C@@H]2C=C(C(=O)NCc3ccccc3)O[C@H](OCc3ccc(CO)cc3)C2)cc1. The lowest BCUT2D eigenvalue weighted by molar-refractivity contribution is -0.150. The van der Waals surface area contributed by atoms with Crippen molar-refractivity contribution >= 4 is 5.91 Å². The van der Waals surface area contributed by atoms with E-state index >= 15 is 0 Å². The van der Waals surface area contributed by atoms with Gasteiger partial charge >= 0.3 is 0 Å². The summed E-state index contributed by atoms with van der Waals surface area (Å²) >= 11 is 0. The maximum absolute atomic E-state index is 12.9. The normalized spacial score (nSPS) is 17.2. The van der Waals surface area contributed by atoms with Crippen LogP contribution in [0.3, 0.4) is 0 Å². The average Bonchev–Trinajstić information content (AvgIpc) is 2.91. The molecular weight excluding hydrogens is 426 g/mol. The molecule has 0 spiro atoms. The monoisotopic (exact) mass is 453 g/mol. The summed E-state index contributed by atoms with van der Waals surface area (Å²) in [5.74, 6) is 2.53. The van der Waals surface area contributed by atoms with Crippen LogP contribution in [-0.4, -0.2) is 17.3 Å². The number of benzene rings is 3. The molecule has 0 radical (unpaired) electrons. The molecule has 1 aliphatic rings. The number of rotatable bonds is 8. The zero-order valence-electron chi connectivity index (χ0n) is 18.8. The van der Waals surface area contributed by atoms with E-state index < -0.39 is 6.29 Å². The van der Waals surface area contributed by atoms with Gasteiger partial charge in [-0.15, -0.1) is 6.42 Å². The van der Waals surface area contributed by atoms with Crippen molar-refractivity contribution in [2.45, 2.75) is 38.4 Å². The van der Waals surface area contributed by atoms with E-state index in [4.69, 9.17) is 15.9 Å². The second kappa shape index (κ2) is 11.3. The quantitative estimate of drug-likeness (QED) is 0.496. The van der Waals surface area contributed by atoms with Crippen LogP contribution < -0.4 is 5.32 Å². The van der Waals surface area contributed by atoms with E-state index in [-0.39, 0.29) is 24.2 Å². The van der Waals surface area contributed by atoms with Gasteiger partial charge in [-0.3, -0.25) is 4.79 Å². The van der Waals surface area contributed by atoms with Crippen LogP contribution in [0.1, 0.15) is 40.2 Å². The highest BCUT2D eigenvalue weighted by atomic mass is 16.7. The lowest BCUT2D eigenvalue weighted by atomic mass is 9.92. The molecule has 0 aromatic heterocycles. The Kier molecular flexibility index (Phi) is 7.77. The van der Waals surface area contributed by atoms with Crippen molar-refractivity contribution in [3.05, 3.63) is 119 Å². The summed E-state index contributed by atoms with van der Waals surface area (Å²) in [5, 5.41) is 12.2. The van der Waals surface area contributed by atoms with Crippen LogP contribution in [0.5, 0.6) is 0 Å². The number of carbonyl (C=O) groups excluding carboxylic acids is 1. The molecule has 2 N–H and O–H groups in total. The van der Waals surface area contributed by atoms with E-state index in [9.17, 15) is 9.90 Å². The predicted octanol–water partition coefficient (Wildman–Crippen LogP) is 4.41. The summed E-state index contributed by atoms with van der Waals surface area (Å²) in [4.78, 5) is 12.9. The Labute approximate surface area is 200 Å². The van der Waals surface area contributed by atoms with Gasteiger partial charge in [0.25, 0.3) is 5.91 Å². The molecule has 34 heavy (non-hydrogen) atoms. The van der Waals surface area contributed by atoms with Crippen LogP contribution in [0.15, 0.2) is 90.7 Å². The van der Waals surface area contributed by atoms with Crippen molar-refractivity contribution in [2.75, 3.05) is 0 Å². The Morgan fingerprint density at radius 1 is 1.00 bits per heavy atom. The van der Waals surface area contributed by atoms with Gasteiger partial charge in [-0.2, -0.15) is 0 Å². The third-order valence-electron chi connectivity index (χ3n) is 5.72. The molecular formula is C29H27NO4. The summed E-state index contributed by atoms with van der Waals surface area (Å²) < 4.78 is 12.0. The Balaban J connectivity index is 1.48. The van der Waals surface area contributed by atoms with E-state index in [1.165, 1.54) is 0 Å². The topological polar surface area (TPSA) is 67.8 Å². The van der Waals surface area contributed by atoms with Crippen LogP contribution in [0.25, 0.3) is 0 Å². The fourth-order valence-electron chi connectivity index (χ4n) is 3.77.